The Hall–Kier alpha value is -1.02. The fourth-order valence-corrected chi connectivity index (χ4v) is 4.96. The molecule has 5 nitrogen and oxygen atoms in total. The van der Waals surface area contributed by atoms with Crippen LogP contribution < -0.4 is 10.0 Å². The predicted octanol–water partition coefficient (Wildman–Crippen LogP) is 2.54. The van der Waals surface area contributed by atoms with E-state index in [9.17, 15) is 12.8 Å². The van der Waals surface area contributed by atoms with Crippen molar-refractivity contribution in [1.82, 2.24) is 10.0 Å². The van der Waals surface area contributed by atoms with Gasteiger partial charge in [-0.1, -0.05) is 18.2 Å². The van der Waals surface area contributed by atoms with Crippen LogP contribution in [0.15, 0.2) is 24.3 Å². The van der Waals surface area contributed by atoms with Gasteiger partial charge in [0.1, 0.15) is 5.82 Å². The maximum absolute atomic E-state index is 13.9. The molecule has 7 heteroatoms. The Balaban J connectivity index is 1.48. The van der Waals surface area contributed by atoms with E-state index in [0.29, 0.717) is 6.61 Å². The minimum absolute atomic E-state index is 0.00256. The average Bonchev–Trinajstić information content (AvgIpc) is 2.61. The molecule has 1 aromatic rings. The fourth-order valence-electron chi connectivity index (χ4n) is 4.13. The van der Waals surface area contributed by atoms with Gasteiger partial charge in [-0.3, -0.25) is 0 Å². The number of nitrogens with one attached hydrogen (secondary N) is 2. The molecule has 146 valence electrons. The van der Waals surface area contributed by atoms with Crippen molar-refractivity contribution in [3.05, 3.63) is 35.6 Å². The molecule has 2 atom stereocenters. The van der Waals surface area contributed by atoms with Crippen molar-refractivity contribution in [2.75, 3.05) is 19.4 Å². The third-order valence-electron chi connectivity index (χ3n) is 5.48. The van der Waals surface area contributed by atoms with Gasteiger partial charge >= 0.3 is 0 Å². The summed E-state index contributed by atoms with van der Waals surface area (Å²) in [6.07, 6.45) is 6.82. The van der Waals surface area contributed by atoms with E-state index in [1.165, 1.54) is 12.3 Å². The zero-order valence-corrected chi connectivity index (χ0v) is 16.1. The van der Waals surface area contributed by atoms with Gasteiger partial charge < -0.3 is 10.1 Å². The molecular formula is C19H29FN2O3S. The molecule has 0 spiro atoms. The van der Waals surface area contributed by atoms with Gasteiger partial charge in [-0.05, 0) is 62.6 Å². The van der Waals surface area contributed by atoms with Crippen LogP contribution in [0, 0.1) is 5.82 Å². The number of hydrogen-bond donors (Lipinski definition) is 2. The Kier molecular flexibility index (Phi) is 6.66. The Morgan fingerprint density at radius 2 is 1.92 bits per heavy atom. The fraction of sp³-hybridized carbons (Fsp3) is 0.684. The molecule has 0 amide bonds. The molecule has 0 aromatic heterocycles. The number of rotatable bonds is 6. The normalized spacial score (nSPS) is 30.2. The Bertz CT molecular complexity index is 690. The van der Waals surface area contributed by atoms with E-state index >= 15 is 0 Å². The standard InChI is InChI=1S/C19H29FN2O3S/c1-26(23,24)22-18-7-4-12-21-19(18)13-25-15-10-8-14(9-11-15)16-5-2-3-6-17(16)20/h2-3,5-6,14-15,18-19,21-22H,4,7-13H2,1H3/t14?,15?,18-,19-/m0/s1. The number of piperidine rings is 1. The van der Waals surface area contributed by atoms with Crippen LogP contribution in [0.3, 0.4) is 0 Å². The van der Waals surface area contributed by atoms with E-state index in [-0.39, 0.29) is 29.9 Å². The summed E-state index contributed by atoms with van der Waals surface area (Å²) in [5.41, 5.74) is 0.817. The van der Waals surface area contributed by atoms with Gasteiger partial charge in [0.05, 0.1) is 19.0 Å². The first-order valence-electron chi connectivity index (χ1n) is 9.49. The molecule has 1 saturated carbocycles. The lowest BCUT2D eigenvalue weighted by Gasteiger charge is -2.35. The summed E-state index contributed by atoms with van der Waals surface area (Å²) in [6.45, 7) is 1.39. The van der Waals surface area contributed by atoms with Crippen LogP contribution in [0.4, 0.5) is 4.39 Å². The van der Waals surface area contributed by atoms with Crippen molar-refractivity contribution in [1.29, 1.82) is 0 Å². The van der Waals surface area contributed by atoms with Gasteiger partial charge in [-0.15, -0.1) is 0 Å². The highest BCUT2D eigenvalue weighted by molar-refractivity contribution is 7.88. The van der Waals surface area contributed by atoms with Gasteiger partial charge in [0.25, 0.3) is 0 Å². The van der Waals surface area contributed by atoms with E-state index in [4.69, 9.17) is 4.74 Å². The molecule has 1 heterocycles. The van der Waals surface area contributed by atoms with Gasteiger partial charge in [-0.25, -0.2) is 17.5 Å². The second-order valence-corrected chi connectivity index (χ2v) is 9.31. The second kappa shape index (κ2) is 8.78. The number of halogens is 1. The van der Waals surface area contributed by atoms with Crippen LogP contribution in [-0.4, -0.2) is 46.0 Å². The third kappa shape index (κ3) is 5.49. The van der Waals surface area contributed by atoms with E-state index < -0.39 is 10.0 Å². The van der Waals surface area contributed by atoms with Crippen LogP contribution in [0.5, 0.6) is 0 Å². The minimum atomic E-state index is -3.22. The molecule has 2 N–H and O–H groups in total. The molecule has 3 rings (SSSR count). The van der Waals surface area contributed by atoms with Gasteiger partial charge in [0, 0.05) is 12.1 Å². The lowest BCUT2D eigenvalue weighted by molar-refractivity contribution is 0.00507. The van der Waals surface area contributed by atoms with Crippen molar-refractivity contribution < 1.29 is 17.5 Å². The highest BCUT2D eigenvalue weighted by Gasteiger charge is 2.29. The maximum atomic E-state index is 13.9. The number of ether oxygens (including phenoxy) is 1. The minimum Gasteiger partial charge on any atom is -0.377 e. The van der Waals surface area contributed by atoms with Gasteiger partial charge in [0.2, 0.25) is 10.0 Å². The Morgan fingerprint density at radius 1 is 1.19 bits per heavy atom. The smallest absolute Gasteiger partial charge is 0.209 e. The Morgan fingerprint density at radius 3 is 2.62 bits per heavy atom. The summed E-state index contributed by atoms with van der Waals surface area (Å²) in [5, 5.41) is 3.37. The van der Waals surface area contributed by atoms with Crippen molar-refractivity contribution in [3.8, 4) is 0 Å². The highest BCUT2D eigenvalue weighted by atomic mass is 32.2. The lowest BCUT2D eigenvalue weighted by Crippen LogP contribution is -2.55. The first-order valence-corrected chi connectivity index (χ1v) is 11.4. The Labute approximate surface area is 155 Å². The van der Waals surface area contributed by atoms with Gasteiger partial charge in [-0.2, -0.15) is 0 Å². The van der Waals surface area contributed by atoms with E-state index in [1.807, 2.05) is 12.1 Å². The second-order valence-electron chi connectivity index (χ2n) is 7.53. The van der Waals surface area contributed by atoms with Crippen LogP contribution in [-0.2, 0) is 14.8 Å². The monoisotopic (exact) mass is 384 g/mol. The van der Waals surface area contributed by atoms with Crippen molar-refractivity contribution in [2.24, 2.45) is 0 Å². The molecule has 26 heavy (non-hydrogen) atoms. The first-order chi connectivity index (χ1) is 12.4. The van der Waals surface area contributed by atoms with E-state index in [2.05, 4.69) is 10.0 Å². The third-order valence-corrected chi connectivity index (χ3v) is 6.21. The molecule has 0 radical (unpaired) electrons. The average molecular weight is 385 g/mol. The number of benzene rings is 1. The first kappa shape index (κ1) is 19.7. The van der Waals surface area contributed by atoms with E-state index in [0.717, 1.165) is 50.6 Å². The lowest BCUT2D eigenvalue weighted by atomic mass is 9.82. The summed E-state index contributed by atoms with van der Waals surface area (Å²) >= 11 is 0. The molecule has 1 aliphatic heterocycles. The quantitative estimate of drug-likeness (QED) is 0.791. The van der Waals surface area contributed by atoms with Crippen LogP contribution >= 0.6 is 0 Å². The molecule has 0 unspecified atom stereocenters. The van der Waals surface area contributed by atoms with Crippen molar-refractivity contribution >= 4 is 10.0 Å². The molecule has 1 aromatic carbocycles. The predicted molar refractivity (Wildman–Crippen MR) is 100 cm³/mol. The largest absolute Gasteiger partial charge is 0.377 e. The van der Waals surface area contributed by atoms with E-state index in [1.54, 1.807) is 6.07 Å². The maximum Gasteiger partial charge on any atom is 0.209 e. The molecule has 0 bridgehead atoms. The molecule has 1 aliphatic carbocycles. The summed E-state index contributed by atoms with van der Waals surface area (Å²) in [5.74, 6) is 0.154. The van der Waals surface area contributed by atoms with Crippen LogP contribution in [0.2, 0.25) is 0 Å². The zero-order valence-electron chi connectivity index (χ0n) is 15.3. The highest BCUT2D eigenvalue weighted by Crippen LogP contribution is 2.35. The molecular weight excluding hydrogens is 355 g/mol. The van der Waals surface area contributed by atoms with Gasteiger partial charge in [0.15, 0.2) is 0 Å². The molecule has 1 saturated heterocycles. The van der Waals surface area contributed by atoms with Crippen molar-refractivity contribution in [3.63, 3.8) is 0 Å². The summed E-state index contributed by atoms with van der Waals surface area (Å²) in [4.78, 5) is 0. The molecule has 2 aliphatic rings. The topological polar surface area (TPSA) is 67.4 Å². The number of sulfonamides is 1. The summed E-state index contributed by atoms with van der Waals surface area (Å²) < 4.78 is 45.8. The number of hydrogen-bond acceptors (Lipinski definition) is 4. The summed E-state index contributed by atoms with van der Waals surface area (Å²) in [6, 6.07) is 6.92. The SMILES string of the molecule is CS(=O)(=O)N[C@H]1CCCN[C@H]1COC1CCC(c2ccccc2F)CC1. The van der Waals surface area contributed by atoms with Crippen LogP contribution in [0.25, 0.3) is 0 Å². The summed E-state index contributed by atoms with van der Waals surface area (Å²) in [7, 11) is -3.22. The van der Waals surface area contributed by atoms with Crippen LogP contribution in [0.1, 0.15) is 50.0 Å². The molecule has 2 fully saturated rings. The zero-order chi connectivity index (χ0) is 18.6. The van der Waals surface area contributed by atoms with Crippen molar-refractivity contribution in [2.45, 2.75) is 62.6 Å².